The van der Waals surface area contributed by atoms with Crippen molar-refractivity contribution in [1.29, 1.82) is 0 Å². The maximum atomic E-state index is 12.6. The molecule has 0 aliphatic heterocycles. The summed E-state index contributed by atoms with van der Waals surface area (Å²) < 4.78 is 36.7. The van der Waals surface area contributed by atoms with Crippen molar-refractivity contribution in [1.82, 2.24) is 5.43 Å². The van der Waals surface area contributed by atoms with Crippen LogP contribution in [0.15, 0.2) is 53.6 Å². The molecule has 1 atom stereocenters. The van der Waals surface area contributed by atoms with Gasteiger partial charge in [-0.15, -0.1) is 0 Å². The van der Waals surface area contributed by atoms with Crippen LogP contribution in [0.2, 0.25) is 0 Å². The molecule has 0 heterocycles. The van der Waals surface area contributed by atoms with Gasteiger partial charge in [-0.25, -0.2) is 13.8 Å². The fraction of sp³-hybridized carbons (Fsp3) is 0.364. The van der Waals surface area contributed by atoms with Crippen LogP contribution in [0.1, 0.15) is 32.8 Å². The third kappa shape index (κ3) is 7.29. The highest BCUT2D eigenvalue weighted by Crippen LogP contribution is 2.24. The Labute approximate surface area is 183 Å². The normalized spacial score (nSPS) is 12.4. The minimum atomic E-state index is -3.71. The first-order valence-corrected chi connectivity index (χ1v) is 11.9. The Morgan fingerprint density at radius 2 is 1.65 bits per heavy atom. The van der Waals surface area contributed by atoms with Gasteiger partial charge < -0.3 is 9.47 Å². The van der Waals surface area contributed by atoms with E-state index in [-0.39, 0.29) is 0 Å². The molecule has 0 radical (unpaired) electrons. The predicted octanol–water partition coefficient (Wildman–Crippen LogP) is 3.18. The van der Waals surface area contributed by atoms with E-state index in [2.05, 4.69) is 10.5 Å². The van der Waals surface area contributed by atoms with Crippen molar-refractivity contribution in [2.75, 3.05) is 23.8 Å². The minimum Gasteiger partial charge on any atom is -0.494 e. The Hall–Kier alpha value is -3.07. The Morgan fingerprint density at radius 1 is 1.06 bits per heavy atom. The molecular formula is C22H29N3O5S. The van der Waals surface area contributed by atoms with Gasteiger partial charge in [0.1, 0.15) is 17.5 Å². The number of anilines is 1. The van der Waals surface area contributed by atoms with Gasteiger partial charge in [-0.3, -0.25) is 9.10 Å². The van der Waals surface area contributed by atoms with Crippen molar-refractivity contribution in [2.45, 2.75) is 33.2 Å². The first kappa shape index (κ1) is 24.2. The number of rotatable bonds is 11. The summed E-state index contributed by atoms with van der Waals surface area (Å²) in [7, 11) is -3.71. The van der Waals surface area contributed by atoms with Crippen LogP contribution in [0.4, 0.5) is 5.69 Å². The summed E-state index contributed by atoms with van der Waals surface area (Å²) in [5, 5.41) is 3.94. The van der Waals surface area contributed by atoms with Gasteiger partial charge >= 0.3 is 0 Å². The van der Waals surface area contributed by atoms with Crippen molar-refractivity contribution in [3.05, 3.63) is 54.1 Å². The second kappa shape index (κ2) is 11.4. The van der Waals surface area contributed by atoms with E-state index < -0.39 is 22.0 Å². The van der Waals surface area contributed by atoms with Crippen LogP contribution in [0.3, 0.4) is 0 Å². The number of ether oxygens (including phenoxy) is 2. The van der Waals surface area contributed by atoms with Crippen molar-refractivity contribution < 1.29 is 22.7 Å². The zero-order valence-electron chi connectivity index (χ0n) is 18.2. The summed E-state index contributed by atoms with van der Waals surface area (Å²) in [6, 6.07) is 12.8. The lowest BCUT2D eigenvalue weighted by atomic mass is 10.2. The first-order valence-electron chi connectivity index (χ1n) is 10.0. The zero-order chi connectivity index (χ0) is 22.9. The molecule has 168 valence electrons. The molecule has 31 heavy (non-hydrogen) atoms. The number of hydrogen-bond acceptors (Lipinski definition) is 6. The SMILES string of the molecule is CCCOc1ccc(/C=N\NC(=O)[C@H](C)N(c2ccc(OCC)cc2)S(C)(=O)=O)cc1. The molecule has 0 saturated heterocycles. The van der Waals surface area contributed by atoms with Crippen LogP contribution in [0, 0.1) is 0 Å². The molecule has 0 fully saturated rings. The molecule has 0 spiro atoms. The molecule has 0 bridgehead atoms. The quantitative estimate of drug-likeness (QED) is 0.421. The summed E-state index contributed by atoms with van der Waals surface area (Å²) in [4.78, 5) is 12.6. The number of carbonyl (C=O) groups excluding carboxylic acids is 1. The van der Waals surface area contributed by atoms with Crippen LogP contribution >= 0.6 is 0 Å². The third-order valence-corrected chi connectivity index (χ3v) is 5.47. The van der Waals surface area contributed by atoms with Crippen molar-refractivity contribution in [3.8, 4) is 11.5 Å². The molecule has 8 nitrogen and oxygen atoms in total. The Kier molecular flexibility index (Phi) is 8.87. The van der Waals surface area contributed by atoms with E-state index in [0.717, 1.165) is 28.3 Å². The van der Waals surface area contributed by atoms with Gasteiger partial charge in [0.2, 0.25) is 10.0 Å². The van der Waals surface area contributed by atoms with Gasteiger partial charge in [0, 0.05) is 0 Å². The predicted molar refractivity (Wildman–Crippen MR) is 122 cm³/mol. The molecule has 0 unspecified atom stereocenters. The number of hydrogen-bond donors (Lipinski definition) is 1. The molecule has 1 amide bonds. The molecule has 9 heteroatoms. The van der Waals surface area contributed by atoms with Crippen LogP contribution < -0.4 is 19.2 Å². The lowest BCUT2D eigenvalue weighted by Crippen LogP contribution is -2.46. The Morgan fingerprint density at radius 3 is 2.19 bits per heavy atom. The van der Waals surface area contributed by atoms with Crippen LogP contribution in [0.5, 0.6) is 11.5 Å². The number of benzene rings is 2. The topological polar surface area (TPSA) is 97.3 Å². The molecule has 0 aliphatic carbocycles. The summed E-state index contributed by atoms with van der Waals surface area (Å²) in [6.45, 7) is 6.54. The van der Waals surface area contributed by atoms with Gasteiger partial charge in [0.15, 0.2) is 0 Å². The maximum absolute atomic E-state index is 12.6. The molecule has 0 saturated carbocycles. The van der Waals surface area contributed by atoms with E-state index >= 15 is 0 Å². The van der Waals surface area contributed by atoms with Gasteiger partial charge in [-0.1, -0.05) is 6.92 Å². The van der Waals surface area contributed by atoms with Crippen LogP contribution in [-0.4, -0.2) is 46.1 Å². The van der Waals surface area contributed by atoms with E-state index in [1.807, 2.05) is 38.1 Å². The molecule has 2 aromatic carbocycles. The Bertz CT molecular complexity index is 973. The van der Waals surface area contributed by atoms with E-state index in [9.17, 15) is 13.2 Å². The molecule has 2 aromatic rings. The number of nitrogens with one attached hydrogen (secondary N) is 1. The van der Waals surface area contributed by atoms with Gasteiger partial charge in [0.05, 0.1) is 31.4 Å². The standard InChI is InChI=1S/C22H29N3O5S/c1-5-15-30-21-11-7-18(8-12-21)16-23-24-22(26)17(3)25(31(4,27)28)19-9-13-20(14-10-19)29-6-2/h7-14,16-17H,5-6,15H2,1-4H3,(H,24,26)/b23-16-/t17-/m0/s1. The monoisotopic (exact) mass is 447 g/mol. The van der Waals surface area contributed by atoms with E-state index in [4.69, 9.17) is 9.47 Å². The Balaban J connectivity index is 2.06. The van der Waals surface area contributed by atoms with Crippen molar-refractivity contribution in [3.63, 3.8) is 0 Å². The number of sulfonamides is 1. The third-order valence-electron chi connectivity index (χ3n) is 4.23. The molecule has 2 rings (SSSR count). The zero-order valence-corrected chi connectivity index (χ0v) is 19.1. The van der Waals surface area contributed by atoms with E-state index in [1.54, 1.807) is 24.3 Å². The summed E-state index contributed by atoms with van der Waals surface area (Å²) in [5.74, 6) is 0.821. The van der Waals surface area contributed by atoms with Crippen molar-refractivity contribution in [2.24, 2.45) is 5.10 Å². The van der Waals surface area contributed by atoms with Crippen LogP contribution in [-0.2, 0) is 14.8 Å². The first-order chi connectivity index (χ1) is 14.8. The van der Waals surface area contributed by atoms with E-state index in [1.165, 1.54) is 13.1 Å². The second-order valence-corrected chi connectivity index (χ2v) is 8.67. The lowest BCUT2D eigenvalue weighted by Gasteiger charge is -2.27. The van der Waals surface area contributed by atoms with Gasteiger partial charge in [-0.2, -0.15) is 5.10 Å². The van der Waals surface area contributed by atoms with Gasteiger partial charge in [0.25, 0.3) is 5.91 Å². The fourth-order valence-corrected chi connectivity index (χ4v) is 3.97. The lowest BCUT2D eigenvalue weighted by molar-refractivity contribution is -0.121. The summed E-state index contributed by atoms with van der Waals surface area (Å²) in [5.41, 5.74) is 3.53. The molecular weight excluding hydrogens is 418 g/mol. The maximum Gasteiger partial charge on any atom is 0.263 e. The van der Waals surface area contributed by atoms with Gasteiger partial charge in [-0.05, 0) is 74.4 Å². The number of carbonyl (C=O) groups is 1. The largest absolute Gasteiger partial charge is 0.494 e. The molecule has 0 aliphatic rings. The summed E-state index contributed by atoms with van der Waals surface area (Å²) >= 11 is 0. The highest BCUT2D eigenvalue weighted by molar-refractivity contribution is 7.92. The average molecular weight is 448 g/mol. The highest BCUT2D eigenvalue weighted by atomic mass is 32.2. The van der Waals surface area contributed by atoms with E-state index in [0.29, 0.717) is 24.7 Å². The number of hydrazone groups is 1. The highest BCUT2D eigenvalue weighted by Gasteiger charge is 2.29. The number of nitrogens with zero attached hydrogens (tertiary/aromatic N) is 2. The summed E-state index contributed by atoms with van der Waals surface area (Å²) in [6.07, 6.45) is 3.46. The number of amides is 1. The smallest absolute Gasteiger partial charge is 0.263 e. The average Bonchev–Trinajstić information content (AvgIpc) is 2.73. The molecule has 1 N–H and O–H groups in total. The minimum absolute atomic E-state index is 0.361. The molecule has 0 aromatic heterocycles. The van der Waals surface area contributed by atoms with Crippen molar-refractivity contribution >= 4 is 27.8 Å². The van der Waals surface area contributed by atoms with Crippen LogP contribution in [0.25, 0.3) is 0 Å². The fourth-order valence-electron chi connectivity index (χ4n) is 2.80. The second-order valence-electron chi connectivity index (χ2n) is 6.81.